The molecule has 0 bridgehead atoms. The minimum atomic E-state index is 0.172. The zero-order chi connectivity index (χ0) is 15.2. The van der Waals surface area contributed by atoms with E-state index in [0.29, 0.717) is 0 Å². The van der Waals surface area contributed by atoms with Crippen LogP contribution in [-0.2, 0) is 6.42 Å². The third-order valence-corrected chi connectivity index (χ3v) is 3.68. The Bertz CT molecular complexity index is 576. The van der Waals surface area contributed by atoms with Crippen molar-refractivity contribution in [1.29, 1.82) is 0 Å². The van der Waals surface area contributed by atoms with E-state index in [-0.39, 0.29) is 6.04 Å². The maximum absolute atomic E-state index is 4.51. The van der Waals surface area contributed by atoms with E-state index in [1.807, 2.05) is 19.3 Å². The van der Waals surface area contributed by atoms with Gasteiger partial charge in [-0.3, -0.25) is 0 Å². The largest absolute Gasteiger partial charge is 0.307 e. The van der Waals surface area contributed by atoms with Crippen LogP contribution in [0.4, 0.5) is 0 Å². The highest BCUT2D eigenvalue weighted by molar-refractivity contribution is 5.31. The molecular formula is C18H25N3. The second-order valence-corrected chi connectivity index (χ2v) is 5.76. The smallest absolute Gasteiger partial charge is 0.145 e. The minimum Gasteiger partial charge on any atom is -0.307 e. The summed E-state index contributed by atoms with van der Waals surface area (Å²) in [6, 6.07) is 6.79. The van der Waals surface area contributed by atoms with Crippen LogP contribution in [-0.4, -0.2) is 16.5 Å². The fourth-order valence-corrected chi connectivity index (χ4v) is 2.40. The van der Waals surface area contributed by atoms with Gasteiger partial charge in [-0.05, 0) is 56.8 Å². The van der Waals surface area contributed by atoms with E-state index in [1.165, 1.54) is 16.7 Å². The lowest BCUT2D eigenvalue weighted by molar-refractivity contribution is 0.503. The molecular weight excluding hydrogens is 258 g/mol. The van der Waals surface area contributed by atoms with Crippen molar-refractivity contribution < 1.29 is 0 Å². The van der Waals surface area contributed by atoms with Crippen molar-refractivity contribution in [1.82, 2.24) is 15.3 Å². The van der Waals surface area contributed by atoms with Crippen molar-refractivity contribution >= 4 is 0 Å². The maximum Gasteiger partial charge on any atom is 0.145 e. The van der Waals surface area contributed by atoms with Gasteiger partial charge in [-0.2, -0.15) is 0 Å². The van der Waals surface area contributed by atoms with E-state index in [9.17, 15) is 0 Å². The summed E-state index contributed by atoms with van der Waals surface area (Å²) >= 11 is 0. The van der Waals surface area contributed by atoms with Gasteiger partial charge in [0.25, 0.3) is 0 Å². The molecule has 3 nitrogen and oxygen atoms in total. The van der Waals surface area contributed by atoms with Gasteiger partial charge in [0.2, 0.25) is 0 Å². The first-order valence-corrected chi connectivity index (χ1v) is 7.68. The van der Waals surface area contributed by atoms with E-state index in [1.54, 1.807) is 0 Å². The Morgan fingerprint density at radius 2 is 1.76 bits per heavy atom. The first-order valence-electron chi connectivity index (χ1n) is 7.68. The summed E-state index contributed by atoms with van der Waals surface area (Å²) in [5.74, 6) is 0.884. The molecule has 0 radical (unpaired) electrons. The molecule has 1 heterocycles. The van der Waals surface area contributed by atoms with Crippen molar-refractivity contribution in [3.63, 3.8) is 0 Å². The van der Waals surface area contributed by atoms with E-state index in [2.05, 4.69) is 54.3 Å². The van der Waals surface area contributed by atoms with Gasteiger partial charge >= 0.3 is 0 Å². The molecule has 1 atom stereocenters. The highest BCUT2D eigenvalue weighted by Crippen LogP contribution is 2.19. The Labute approximate surface area is 127 Å². The molecule has 0 aliphatic carbocycles. The van der Waals surface area contributed by atoms with Crippen LogP contribution in [0.5, 0.6) is 0 Å². The highest BCUT2D eigenvalue weighted by Gasteiger charge is 2.15. The molecule has 3 heteroatoms. The van der Waals surface area contributed by atoms with E-state index >= 15 is 0 Å². The topological polar surface area (TPSA) is 37.8 Å². The summed E-state index contributed by atoms with van der Waals surface area (Å²) in [7, 11) is 0. The van der Waals surface area contributed by atoms with Gasteiger partial charge in [0.05, 0.1) is 6.04 Å². The van der Waals surface area contributed by atoms with Crippen LogP contribution in [0.2, 0.25) is 0 Å². The molecule has 1 aromatic carbocycles. The van der Waals surface area contributed by atoms with Gasteiger partial charge in [-0.15, -0.1) is 0 Å². The van der Waals surface area contributed by atoms with E-state index < -0.39 is 0 Å². The Hall–Kier alpha value is -1.74. The molecule has 1 unspecified atom stereocenters. The molecule has 0 amide bonds. The molecule has 2 rings (SSSR count). The maximum atomic E-state index is 4.51. The van der Waals surface area contributed by atoms with E-state index in [0.717, 1.165) is 30.8 Å². The third kappa shape index (κ3) is 4.36. The number of aryl methyl sites for hydroxylation is 3. The quantitative estimate of drug-likeness (QED) is 0.878. The molecule has 21 heavy (non-hydrogen) atoms. The standard InChI is InChI=1S/C18H25N3/c1-5-8-19-17(18-20-11-14(3)12-21-18)10-16-9-13(2)6-7-15(16)4/h6-7,9,11-12,17,19H,5,8,10H2,1-4H3. The fraction of sp³-hybridized carbons (Fsp3) is 0.444. The highest BCUT2D eigenvalue weighted by atomic mass is 15.0. The number of hydrogen-bond donors (Lipinski definition) is 1. The van der Waals surface area contributed by atoms with Crippen LogP contribution in [0.15, 0.2) is 30.6 Å². The summed E-state index contributed by atoms with van der Waals surface area (Å²) in [5.41, 5.74) is 5.10. The zero-order valence-corrected chi connectivity index (χ0v) is 13.5. The molecule has 0 aliphatic rings. The van der Waals surface area contributed by atoms with Crippen LogP contribution in [0.1, 0.15) is 47.5 Å². The lowest BCUT2D eigenvalue weighted by atomic mass is 9.98. The van der Waals surface area contributed by atoms with Crippen molar-refractivity contribution in [2.24, 2.45) is 0 Å². The summed E-state index contributed by atoms with van der Waals surface area (Å²) < 4.78 is 0. The van der Waals surface area contributed by atoms with Crippen LogP contribution in [0.3, 0.4) is 0 Å². The first kappa shape index (κ1) is 15.6. The molecule has 1 N–H and O–H groups in total. The summed E-state index contributed by atoms with van der Waals surface area (Å²) in [6.45, 7) is 9.48. The van der Waals surface area contributed by atoms with E-state index in [4.69, 9.17) is 0 Å². The van der Waals surface area contributed by atoms with Gasteiger partial charge in [-0.25, -0.2) is 9.97 Å². The fourth-order valence-electron chi connectivity index (χ4n) is 2.40. The second-order valence-electron chi connectivity index (χ2n) is 5.76. The molecule has 0 saturated carbocycles. The third-order valence-electron chi connectivity index (χ3n) is 3.68. The van der Waals surface area contributed by atoms with Gasteiger partial charge in [0.15, 0.2) is 0 Å². The SMILES string of the molecule is CCCNC(Cc1cc(C)ccc1C)c1ncc(C)cn1. The van der Waals surface area contributed by atoms with Crippen LogP contribution >= 0.6 is 0 Å². The van der Waals surface area contributed by atoms with Gasteiger partial charge in [0, 0.05) is 12.4 Å². The summed E-state index contributed by atoms with van der Waals surface area (Å²) in [4.78, 5) is 9.01. The number of aromatic nitrogens is 2. The van der Waals surface area contributed by atoms with Crippen molar-refractivity contribution in [3.8, 4) is 0 Å². The molecule has 0 fully saturated rings. The molecule has 0 saturated heterocycles. The molecule has 0 aliphatic heterocycles. The van der Waals surface area contributed by atoms with Crippen LogP contribution in [0, 0.1) is 20.8 Å². The number of rotatable bonds is 6. The Morgan fingerprint density at radius 1 is 1.05 bits per heavy atom. The average Bonchev–Trinajstić information content (AvgIpc) is 2.48. The van der Waals surface area contributed by atoms with Crippen LogP contribution < -0.4 is 5.32 Å². The Kier molecular flexibility index (Phi) is 5.45. The van der Waals surface area contributed by atoms with Gasteiger partial charge in [0.1, 0.15) is 5.82 Å². The summed E-state index contributed by atoms with van der Waals surface area (Å²) in [5, 5.41) is 3.58. The molecule has 112 valence electrons. The average molecular weight is 283 g/mol. The number of nitrogens with one attached hydrogen (secondary N) is 1. The normalized spacial score (nSPS) is 12.4. The lowest BCUT2D eigenvalue weighted by Crippen LogP contribution is -2.26. The molecule has 1 aromatic heterocycles. The van der Waals surface area contributed by atoms with Gasteiger partial charge < -0.3 is 5.32 Å². The van der Waals surface area contributed by atoms with Crippen molar-refractivity contribution in [2.75, 3.05) is 6.54 Å². The number of hydrogen-bond acceptors (Lipinski definition) is 3. The lowest BCUT2D eigenvalue weighted by Gasteiger charge is -2.19. The van der Waals surface area contributed by atoms with Gasteiger partial charge in [-0.1, -0.05) is 30.7 Å². The first-order chi connectivity index (χ1) is 10.1. The predicted octanol–water partition coefficient (Wildman–Crippen LogP) is 3.69. The summed E-state index contributed by atoms with van der Waals surface area (Å²) in [6.07, 6.45) is 5.82. The Morgan fingerprint density at radius 3 is 2.43 bits per heavy atom. The second kappa shape index (κ2) is 7.32. The van der Waals surface area contributed by atoms with Crippen molar-refractivity contribution in [2.45, 2.75) is 46.6 Å². The Balaban J connectivity index is 2.23. The zero-order valence-electron chi connectivity index (χ0n) is 13.5. The monoisotopic (exact) mass is 283 g/mol. The minimum absolute atomic E-state index is 0.172. The molecule has 2 aromatic rings. The number of benzene rings is 1. The van der Waals surface area contributed by atoms with Crippen molar-refractivity contribution in [3.05, 3.63) is 58.7 Å². The van der Waals surface area contributed by atoms with Crippen LogP contribution in [0.25, 0.3) is 0 Å². The predicted molar refractivity (Wildman–Crippen MR) is 87.4 cm³/mol. The number of nitrogens with zero attached hydrogens (tertiary/aromatic N) is 2. The molecule has 0 spiro atoms.